The maximum atomic E-state index is 11.4. The lowest BCUT2D eigenvalue weighted by molar-refractivity contribution is -0.141. The molecule has 9 heteroatoms. The number of hydrogen-bond acceptors (Lipinski definition) is 7. The van der Waals surface area contributed by atoms with Crippen LogP contribution in [0.4, 0.5) is 4.79 Å². The summed E-state index contributed by atoms with van der Waals surface area (Å²) in [7, 11) is 0. The smallest absolute Gasteiger partial charge is 0.407 e. The SMILES string of the molecule is O=C1CC[C@@H](COC(=O)/C=C/C(=O)OC[C@@H]2COC(=O)N2)N1. The number of carbonyl (C=O) groups is 4. The van der Waals surface area contributed by atoms with E-state index in [1.54, 1.807) is 0 Å². The highest BCUT2D eigenvalue weighted by molar-refractivity contribution is 5.91. The monoisotopic (exact) mass is 312 g/mol. The van der Waals surface area contributed by atoms with Crippen LogP contribution in [0.1, 0.15) is 12.8 Å². The maximum Gasteiger partial charge on any atom is 0.407 e. The molecule has 2 atom stereocenters. The van der Waals surface area contributed by atoms with E-state index in [0.717, 1.165) is 12.2 Å². The highest BCUT2D eigenvalue weighted by Gasteiger charge is 2.23. The van der Waals surface area contributed by atoms with Crippen molar-refractivity contribution < 1.29 is 33.4 Å². The molecular formula is C13H16N2O7. The van der Waals surface area contributed by atoms with Crippen molar-refractivity contribution in [2.24, 2.45) is 0 Å². The minimum absolute atomic E-state index is 0.0436. The van der Waals surface area contributed by atoms with E-state index in [4.69, 9.17) is 9.47 Å². The van der Waals surface area contributed by atoms with Crippen LogP contribution in [0.2, 0.25) is 0 Å². The topological polar surface area (TPSA) is 120 Å². The van der Waals surface area contributed by atoms with Gasteiger partial charge in [0.2, 0.25) is 5.91 Å². The van der Waals surface area contributed by atoms with Crippen LogP contribution in [-0.4, -0.2) is 55.8 Å². The summed E-state index contributed by atoms with van der Waals surface area (Å²) in [6.07, 6.45) is 2.37. The third-order valence-electron chi connectivity index (χ3n) is 3.03. The zero-order valence-corrected chi connectivity index (χ0v) is 11.7. The minimum Gasteiger partial charge on any atom is -0.460 e. The second kappa shape index (κ2) is 7.43. The lowest BCUT2D eigenvalue weighted by Crippen LogP contribution is -2.31. The van der Waals surface area contributed by atoms with E-state index >= 15 is 0 Å². The summed E-state index contributed by atoms with van der Waals surface area (Å²) in [6.45, 7) is 0.151. The second-order valence-electron chi connectivity index (χ2n) is 4.84. The molecule has 0 spiro atoms. The van der Waals surface area contributed by atoms with E-state index in [1.165, 1.54) is 0 Å². The molecule has 0 saturated carbocycles. The van der Waals surface area contributed by atoms with Gasteiger partial charge in [0, 0.05) is 18.6 Å². The van der Waals surface area contributed by atoms with Crippen molar-refractivity contribution in [1.29, 1.82) is 0 Å². The average Bonchev–Trinajstić information content (AvgIpc) is 3.09. The van der Waals surface area contributed by atoms with Gasteiger partial charge in [-0.25, -0.2) is 14.4 Å². The molecule has 0 radical (unpaired) electrons. The molecule has 2 rings (SSSR count). The average molecular weight is 312 g/mol. The molecule has 0 aliphatic carbocycles. The van der Waals surface area contributed by atoms with Crippen molar-refractivity contribution in [3.63, 3.8) is 0 Å². The molecule has 2 aliphatic rings. The normalized spacial score (nSPS) is 23.8. The first-order valence-corrected chi connectivity index (χ1v) is 6.77. The number of esters is 2. The lowest BCUT2D eigenvalue weighted by atomic mass is 10.2. The number of ether oxygens (including phenoxy) is 3. The van der Waals surface area contributed by atoms with Crippen molar-refractivity contribution in [3.8, 4) is 0 Å². The standard InChI is InChI=1S/C13H16N2O7/c16-10-2-1-8(14-10)5-20-11(17)3-4-12(18)21-6-9-7-22-13(19)15-9/h3-4,8-9H,1-2,5-7H2,(H,14,16)(H,15,19)/b4-3+/t8-,9+/m0/s1. The Morgan fingerprint density at radius 1 is 1.09 bits per heavy atom. The summed E-state index contributed by atoms with van der Waals surface area (Å²) in [5.41, 5.74) is 0. The van der Waals surface area contributed by atoms with Gasteiger partial charge in [0.15, 0.2) is 0 Å². The number of carbonyl (C=O) groups excluding carboxylic acids is 4. The van der Waals surface area contributed by atoms with E-state index in [-0.39, 0.29) is 37.8 Å². The number of hydrogen-bond donors (Lipinski definition) is 2. The molecule has 0 unspecified atom stereocenters. The third-order valence-corrected chi connectivity index (χ3v) is 3.03. The predicted molar refractivity (Wildman–Crippen MR) is 70.5 cm³/mol. The fourth-order valence-corrected chi connectivity index (χ4v) is 1.92. The Morgan fingerprint density at radius 2 is 1.73 bits per heavy atom. The third kappa shape index (κ3) is 5.08. The Kier molecular flexibility index (Phi) is 5.34. The van der Waals surface area contributed by atoms with Crippen molar-refractivity contribution in [1.82, 2.24) is 10.6 Å². The van der Waals surface area contributed by atoms with Crippen LogP contribution in [0.25, 0.3) is 0 Å². The lowest BCUT2D eigenvalue weighted by Gasteiger charge is -2.09. The molecule has 22 heavy (non-hydrogen) atoms. The Labute approximate surface area is 126 Å². The fourth-order valence-electron chi connectivity index (χ4n) is 1.92. The molecular weight excluding hydrogens is 296 g/mol. The van der Waals surface area contributed by atoms with Gasteiger partial charge >= 0.3 is 18.0 Å². The summed E-state index contributed by atoms with van der Waals surface area (Å²) < 4.78 is 14.3. The van der Waals surface area contributed by atoms with Crippen LogP contribution in [0, 0.1) is 0 Å². The predicted octanol–water partition coefficient (Wildman–Crippen LogP) is -0.984. The van der Waals surface area contributed by atoms with Gasteiger partial charge in [0.1, 0.15) is 25.9 Å². The molecule has 9 nitrogen and oxygen atoms in total. The Hall–Kier alpha value is -2.58. The highest BCUT2D eigenvalue weighted by Crippen LogP contribution is 2.06. The molecule has 2 heterocycles. The van der Waals surface area contributed by atoms with E-state index in [1.807, 2.05) is 0 Å². The van der Waals surface area contributed by atoms with Crippen LogP contribution in [0.3, 0.4) is 0 Å². The van der Waals surface area contributed by atoms with Crippen LogP contribution in [0.15, 0.2) is 12.2 Å². The number of amides is 2. The van der Waals surface area contributed by atoms with Crippen LogP contribution in [0.5, 0.6) is 0 Å². The molecule has 0 aromatic carbocycles. The zero-order chi connectivity index (χ0) is 15.9. The van der Waals surface area contributed by atoms with Gasteiger partial charge < -0.3 is 24.8 Å². The zero-order valence-electron chi connectivity index (χ0n) is 11.7. The highest BCUT2D eigenvalue weighted by atomic mass is 16.6. The van der Waals surface area contributed by atoms with Crippen molar-refractivity contribution in [2.75, 3.05) is 19.8 Å². The molecule has 2 aliphatic heterocycles. The summed E-state index contributed by atoms with van der Waals surface area (Å²) in [5, 5.41) is 5.09. The van der Waals surface area contributed by atoms with E-state index in [2.05, 4.69) is 15.4 Å². The largest absolute Gasteiger partial charge is 0.460 e. The molecule has 2 fully saturated rings. The summed E-state index contributed by atoms with van der Waals surface area (Å²) in [5.74, 6) is -1.49. The van der Waals surface area contributed by atoms with Crippen LogP contribution >= 0.6 is 0 Å². The van der Waals surface area contributed by atoms with Gasteiger partial charge in [-0.1, -0.05) is 0 Å². The summed E-state index contributed by atoms with van der Waals surface area (Å²) in [4.78, 5) is 44.4. The number of nitrogens with one attached hydrogen (secondary N) is 2. The fraction of sp³-hybridized carbons (Fsp3) is 0.538. The maximum absolute atomic E-state index is 11.4. The Balaban J connectivity index is 1.60. The number of alkyl carbamates (subject to hydrolysis) is 1. The van der Waals surface area contributed by atoms with E-state index in [0.29, 0.717) is 12.8 Å². The number of cyclic esters (lactones) is 1. The van der Waals surface area contributed by atoms with Crippen molar-refractivity contribution >= 4 is 23.9 Å². The molecule has 0 aromatic heterocycles. The Bertz CT molecular complexity index is 459. The summed E-state index contributed by atoms with van der Waals surface area (Å²) >= 11 is 0. The van der Waals surface area contributed by atoms with Crippen molar-refractivity contribution in [3.05, 3.63) is 12.2 Å². The first kappa shape index (κ1) is 15.8. The molecule has 120 valence electrons. The van der Waals surface area contributed by atoms with Gasteiger partial charge in [-0.15, -0.1) is 0 Å². The van der Waals surface area contributed by atoms with Gasteiger partial charge in [0.25, 0.3) is 0 Å². The van der Waals surface area contributed by atoms with Gasteiger partial charge in [0.05, 0.1) is 6.04 Å². The first-order valence-electron chi connectivity index (χ1n) is 6.77. The molecule has 2 saturated heterocycles. The van der Waals surface area contributed by atoms with Crippen molar-refractivity contribution in [2.45, 2.75) is 24.9 Å². The minimum atomic E-state index is -0.729. The van der Waals surface area contributed by atoms with E-state index in [9.17, 15) is 19.2 Å². The van der Waals surface area contributed by atoms with Gasteiger partial charge in [-0.3, -0.25) is 4.79 Å². The molecule has 0 bridgehead atoms. The van der Waals surface area contributed by atoms with Gasteiger partial charge in [-0.2, -0.15) is 0 Å². The van der Waals surface area contributed by atoms with Crippen LogP contribution in [-0.2, 0) is 28.6 Å². The molecule has 0 aromatic rings. The molecule has 2 N–H and O–H groups in total. The van der Waals surface area contributed by atoms with Gasteiger partial charge in [-0.05, 0) is 6.42 Å². The Morgan fingerprint density at radius 3 is 2.23 bits per heavy atom. The number of rotatable bonds is 6. The summed E-state index contributed by atoms with van der Waals surface area (Å²) in [6, 6.07) is -0.564. The van der Waals surface area contributed by atoms with E-state index < -0.39 is 18.0 Å². The quantitative estimate of drug-likeness (QED) is 0.367. The molecule has 2 amide bonds. The van der Waals surface area contributed by atoms with Crippen LogP contribution < -0.4 is 10.6 Å². The first-order chi connectivity index (χ1) is 10.5. The second-order valence-corrected chi connectivity index (χ2v) is 4.84.